The molecule has 1 rings (SSSR count). The maximum atomic E-state index is 12.7. The number of halogens is 1. The average molecular weight is 196 g/mol. The summed E-state index contributed by atoms with van der Waals surface area (Å²) in [4.78, 5) is 0. The van der Waals surface area contributed by atoms with E-state index in [0.29, 0.717) is 13.1 Å². The molecule has 0 fully saturated rings. The summed E-state index contributed by atoms with van der Waals surface area (Å²) in [5.74, 6) is 0.337. The molecular formula is C11H17FN2. The molecule has 0 radical (unpaired) electrons. The molecule has 0 aliphatic carbocycles. The summed E-state index contributed by atoms with van der Waals surface area (Å²) in [6, 6.07) is 6.52. The normalized spacial score (nSPS) is 13.2. The molecular weight excluding hydrogens is 179 g/mol. The van der Waals surface area contributed by atoms with Crippen LogP contribution in [0.3, 0.4) is 0 Å². The minimum atomic E-state index is -0.210. The van der Waals surface area contributed by atoms with E-state index in [1.54, 1.807) is 12.1 Å². The van der Waals surface area contributed by atoms with Crippen LogP contribution in [0, 0.1) is 11.7 Å². The third-order valence-electron chi connectivity index (χ3n) is 2.71. The van der Waals surface area contributed by atoms with Gasteiger partial charge in [0.15, 0.2) is 0 Å². The first kappa shape index (κ1) is 11.1. The molecule has 0 aromatic heterocycles. The van der Waals surface area contributed by atoms with E-state index in [2.05, 4.69) is 6.92 Å². The minimum Gasteiger partial charge on any atom is -0.330 e. The van der Waals surface area contributed by atoms with Crippen LogP contribution in [0.5, 0.6) is 0 Å². The third kappa shape index (κ3) is 2.53. The Hall–Kier alpha value is -0.930. The lowest BCUT2D eigenvalue weighted by Gasteiger charge is -2.21. The molecule has 0 heterocycles. The predicted molar refractivity (Wildman–Crippen MR) is 56.4 cm³/mol. The Balaban J connectivity index is 2.77. The number of hydrogen-bond donors (Lipinski definition) is 2. The molecule has 78 valence electrons. The zero-order chi connectivity index (χ0) is 10.6. The van der Waals surface area contributed by atoms with Gasteiger partial charge in [-0.3, -0.25) is 0 Å². The smallest absolute Gasteiger partial charge is 0.123 e. The average Bonchev–Trinajstić information content (AvgIpc) is 2.20. The highest BCUT2D eigenvalue weighted by molar-refractivity contribution is 5.20. The Morgan fingerprint density at radius 2 is 1.64 bits per heavy atom. The van der Waals surface area contributed by atoms with Crippen LogP contribution in [0.4, 0.5) is 4.39 Å². The first-order valence-electron chi connectivity index (χ1n) is 4.84. The van der Waals surface area contributed by atoms with Gasteiger partial charge < -0.3 is 11.5 Å². The zero-order valence-electron chi connectivity index (χ0n) is 8.41. The second-order valence-electron chi connectivity index (χ2n) is 3.57. The Morgan fingerprint density at radius 3 is 2.07 bits per heavy atom. The van der Waals surface area contributed by atoms with E-state index < -0.39 is 0 Å². The molecule has 0 saturated heterocycles. The predicted octanol–water partition coefficient (Wildman–Crippen LogP) is 1.46. The van der Waals surface area contributed by atoms with Gasteiger partial charge in [0.25, 0.3) is 0 Å². The molecule has 0 saturated carbocycles. The number of rotatable bonds is 4. The van der Waals surface area contributed by atoms with Gasteiger partial charge in [-0.1, -0.05) is 19.1 Å². The van der Waals surface area contributed by atoms with E-state index in [1.165, 1.54) is 12.1 Å². The largest absolute Gasteiger partial charge is 0.330 e. The van der Waals surface area contributed by atoms with Gasteiger partial charge >= 0.3 is 0 Å². The van der Waals surface area contributed by atoms with Crippen LogP contribution in [-0.4, -0.2) is 13.1 Å². The topological polar surface area (TPSA) is 52.0 Å². The molecule has 14 heavy (non-hydrogen) atoms. The van der Waals surface area contributed by atoms with Gasteiger partial charge in [0.2, 0.25) is 0 Å². The lowest BCUT2D eigenvalue weighted by Crippen LogP contribution is -2.27. The van der Waals surface area contributed by atoms with E-state index in [9.17, 15) is 4.39 Å². The quantitative estimate of drug-likeness (QED) is 0.766. The summed E-state index contributed by atoms with van der Waals surface area (Å²) in [6.45, 7) is 3.20. The highest BCUT2D eigenvalue weighted by atomic mass is 19.1. The highest BCUT2D eigenvalue weighted by Crippen LogP contribution is 2.22. The maximum absolute atomic E-state index is 12.7. The molecule has 2 nitrogen and oxygen atoms in total. The fraction of sp³-hybridized carbons (Fsp3) is 0.455. The second kappa shape index (κ2) is 5.08. The number of nitrogens with two attached hydrogens (primary N) is 2. The summed E-state index contributed by atoms with van der Waals surface area (Å²) in [5, 5.41) is 0. The molecule has 0 bridgehead atoms. The Bertz CT molecular complexity index is 267. The van der Waals surface area contributed by atoms with Gasteiger partial charge in [-0.25, -0.2) is 4.39 Å². The van der Waals surface area contributed by atoms with Crippen LogP contribution in [0.15, 0.2) is 24.3 Å². The van der Waals surface area contributed by atoms with Crippen LogP contribution >= 0.6 is 0 Å². The molecule has 1 atom stereocenters. The van der Waals surface area contributed by atoms with E-state index >= 15 is 0 Å². The van der Waals surface area contributed by atoms with Gasteiger partial charge in [-0.15, -0.1) is 0 Å². The maximum Gasteiger partial charge on any atom is 0.123 e. The molecule has 3 heteroatoms. The van der Waals surface area contributed by atoms with Crippen LogP contribution in [0.25, 0.3) is 0 Å². The number of benzene rings is 1. The molecule has 4 N–H and O–H groups in total. The fourth-order valence-electron chi connectivity index (χ4n) is 1.54. The zero-order valence-corrected chi connectivity index (χ0v) is 8.41. The van der Waals surface area contributed by atoms with Gasteiger partial charge in [-0.2, -0.15) is 0 Å². The summed E-state index contributed by atoms with van der Waals surface area (Å²) >= 11 is 0. The van der Waals surface area contributed by atoms with Crippen molar-refractivity contribution in [3.05, 3.63) is 35.6 Å². The second-order valence-corrected chi connectivity index (χ2v) is 3.57. The molecule has 1 unspecified atom stereocenters. The van der Waals surface area contributed by atoms with Crippen LogP contribution in [0.1, 0.15) is 18.4 Å². The van der Waals surface area contributed by atoms with Crippen molar-refractivity contribution in [3.63, 3.8) is 0 Å². The van der Waals surface area contributed by atoms with Gasteiger partial charge in [0, 0.05) is 0 Å². The summed E-state index contributed by atoms with van der Waals surface area (Å²) in [6.07, 6.45) is 0. The highest BCUT2D eigenvalue weighted by Gasteiger charge is 2.15. The van der Waals surface area contributed by atoms with Crippen molar-refractivity contribution in [1.82, 2.24) is 0 Å². The standard InChI is InChI=1S/C11H17FN2/c1-8(10(6-13)7-14)9-2-4-11(12)5-3-9/h2-5,8,10H,6-7,13-14H2,1H3. The Kier molecular flexibility index (Phi) is 4.04. The summed E-state index contributed by atoms with van der Waals surface area (Å²) in [5.41, 5.74) is 12.3. The third-order valence-corrected chi connectivity index (χ3v) is 2.71. The Labute approximate surface area is 84.1 Å². The molecule has 0 spiro atoms. The van der Waals surface area contributed by atoms with Crippen molar-refractivity contribution in [1.29, 1.82) is 0 Å². The van der Waals surface area contributed by atoms with E-state index in [-0.39, 0.29) is 17.7 Å². The van der Waals surface area contributed by atoms with Gasteiger partial charge in [-0.05, 0) is 42.6 Å². The minimum absolute atomic E-state index is 0.210. The summed E-state index contributed by atoms with van der Waals surface area (Å²) < 4.78 is 12.7. The molecule has 0 amide bonds. The molecule has 0 aliphatic rings. The van der Waals surface area contributed by atoms with E-state index in [4.69, 9.17) is 11.5 Å². The Morgan fingerprint density at radius 1 is 1.14 bits per heavy atom. The van der Waals surface area contributed by atoms with E-state index in [1.807, 2.05) is 0 Å². The fourth-order valence-corrected chi connectivity index (χ4v) is 1.54. The van der Waals surface area contributed by atoms with Crippen LogP contribution in [0.2, 0.25) is 0 Å². The van der Waals surface area contributed by atoms with Crippen LogP contribution < -0.4 is 11.5 Å². The first-order valence-corrected chi connectivity index (χ1v) is 4.84. The lowest BCUT2D eigenvalue weighted by molar-refractivity contribution is 0.466. The molecule has 1 aromatic rings. The van der Waals surface area contributed by atoms with Crippen molar-refractivity contribution in [3.8, 4) is 0 Å². The SMILES string of the molecule is CC(c1ccc(F)cc1)C(CN)CN. The van der Waals surface area contributed by atoms with Crippen LogP contribution in [-0.2, 0) is 0 Å². The van der Waals surface area contributed by atoms with Crippen molar-refractivity contribution in [2.24, 2.45) is 17.4 Å². The molecule has 1 aromatic carbocycles. The first-order chi connectivity index (χ1) is 6.69. The molecule has 0 aliphatic heterocycles. The number of hydrogen-bond acceptors (Lipinski definition) is 2. The lowest BCUT2D eigenvalue weighted by atomic mass is 9.88. The van der Waals surface area contributed by atoms with Gasteiger partial charge in [0.1, 0.15) is 5.82 Å². The van der Waals surface area contributed by atoms with E-state index in [0.717, 1.165) is 5.56 Å². The monoisotopic (exact) mass is 196 g/mol. The summed E-state index contributed by atoms with van der Waals surface area (Å²) in [7, 11) is 0. The van der Waals surface area contributed by atoms with Crippen molar-refractivity contribution in [2.45, 2.75) is 12.8 Å². The van der Waals surface area contributed by atoms with Gasteiger partial charge in [0.05, 0.1) is 0 Å². The van der Waals surface area contributed by atoms with Crippen molar-refractivity contribution in [2.75, 3.05) is 13.1 Å². The van der Waals surface area contributed by atoms with Crippen molar-refractivity contribution < 1.29 is 4.39 Å². The van der Waals surface area contributed by atoms with Crippen molar-refractivity contribution >= 4 is 0 Å².